The average molecular weight is 400 g/mol. The molecule has 0 bridgehead atoms. The molecule has 0 saturated heterocycles. The zero-order valence-electron chi connectivity index (χ0n) is 14.8. The van der Waals surface area contributed by atoms with Crippen molar-refractivity contribution in [2.45, 2.75) is 20.5 Å². The molecule has 0 unspecified atom stereocenters. The lowest BCUT2D eigenvalue weighted by molar-refractivity contribution is 0.0435. The molecular weight excluding hydrogens is 387 g/mol. The van der Waals surface area contributed by atoms with Crippen molar-refractivity contribution >= 4 is 27.5 Å². The molecule has 4 aromatic rings. The van der Waals surface area contributed by atoms with Crippen LogP contribution in [0.4, 0.5) is 4.39 Å². The molecule has 10 heteroatoms. The van der Waals surface area contributed by atoms with E-state index in [0.29, 0.717) is 27.2 Å². The van der Waals surface area contributed by atoms with Crippen molar-refractivity contribution in [2.75, 3.05) is 0 Å². The Morgan fingerprint density at radius 2 is 2.00 bits per heavy atom. The molecule has 0 saturated carbocycles. The summed E-state index contributed by atoms with van der Waals surface area (Å²) in [5.74, 6) is -0.158. The summed E-state index contributed by atoms with van der Waals surface area (Å²) in [7, 11) is 0. The Morgan fingerprint density at radius 1 is 1.25 bits per heavy atom. The van der Waals surface area contributed by atoms with Crippen LogP contribution < -0.4 is 5.56 Å². The number of ether oxygens (including phenoxy) is 1. The molecule has 0 spiro atoms. The van der Waals surface area contributed by atoms with Gasteiger partial charge in [-0.1, -0.05) is 5.16 Å². The number of rotatable bonds is 4. The fraction of sp³-hybridized carbons (Fsp3) is 0.167. The summed E-state index contributed by atoms with van der Waals surface area (Å²) in [6, 6.07) is 5.60. The number of H-pyrrole nitrogens is 1. The van der Waals surface area contributed by atoms with E-state index in [9.17, 15) is 14.0 Å². The van der Waals surface area contributed by atoms with Crippen molar-refractivity contribution in [1.29, 1.82) is 0 Å². The number of carbonyl (C=O) groups is 1. The summed E-state index contributed by atoms with van der Waals surface area (Å²) >= 11 is 1.09. The average Bonchev–Trinajstić information content (AvgIpc) is 3.25. The number of aryl methyl sites for hydroxylation is 2. The molecule has 142 valence electrons. The zero-order valence-corrected chi connectivity index (χ0v) is 15.6. The second-order valence-corrected chi connectivity index (χ2v) is 6.98. The number of nitrogens with zero attached hydrogens (tertiary/aromatic N) is 3. The smallest absolute Gasteiger partial charge is 0.349 e. The molecule has 3 aromatic heterocycles. The highest BCUT2D eigenvalue weighted by Gasteiger charge is 2.21. The van der Waals surface area contributed by atoms with Crippen molar-refractivity contribution in [3.05, 3.63) is 62.6 Å². The maximum atomic E-state index is 13.0. The van der Waals surface area contributed by atoms with Crippen LogP contribution in [0, 0.1) is 19.7 Å². The molecule has 0 atom stereocenters. The number of nitrogens with one attached hydrogen (secondary N) is 1. The molecule has 8 nitrogen and oxygen atoms in total. The highest BCUT2D eigenvalue weighted by Crippen LogP contribution is 2.27. The Balaban J connectivity index is 1.51. The standard InChI is InChI=1S/C18H13FN4O4S/c1-8-13-16(24)20-9(2)21-17(13)28-14(8)18(25)26-7-12-22-15(23-27-12)10-3-5-11(19)6-4-10/h3-6H,7H2,1-2H3,(H,20,21,24). The maximum absolute atomic E-state index is 13.0. The Labute approximate surface area is 161 Å². The van der Waals surface area contributed by atoms with Crippen LogP contribution in [0.3, 0.4) is 0 Å². The van der Waals surface area contributed by atoms with Gasteiger partial charge in [0.15, 0.2) is 6.61 Å². The summed E-state index contributed by atoms with van der Waals surface area (Å²) in [4.78, 5) is 36.3. The molecule has 0 radical (unpaired) electrons. The third-order valence-electron chi connectivity index (χ3n) is 4.00. The van der Waals surface area contributed by atoms with Crippen molar-refractivity contribution in [3.63, 3.8) is 0 Å². The van der Waals surface area contributed by atoms with Crippen LogP contribution in [0.15, 0.2) is 33.6 Å². The van der Waals surface area contributed by atoms with Crippen LogP contribution in [0.1, 0.15) is 27.0 Å². The van der Waals surface area contributed by atoms with Crippen LogP contribution >= 0.6 is 11.3 Å². The summed E-state index contributed by atoms with van der Waals surface area (Å²) in [6.07, 6.45) is 0. The van der Waals surface area contributed by atoms with Gasteiger partial charge in [-0.25, -0.2) is 14.2 Å². The molecule has 1 aromatic carbocycles. The Hall–Kier alpha value is -3.40. The molecular formula is C18H13FN4O4S. The SMILES string of the molecule is Cc1nc2sc(C(=O)OCc3nc(-c4ccc(F)cc4)no3)c(C)c2c(=O)[nH]1. The van der Waals surface area contributed by atoms with Crippen molar-refractivity contribution in [1.82, 2.24) is 20.1 Å². The monoisotopic (exact) mass is 400 g/mol. The van der Waals surface area contributed by atoms with E-state index in [4.69, 9.17) is 9.26 Å². The molecule has 28 heavy (non-hydrogen) atoms. The number of esters is 1. The van der Waals surface area contributed by atoms with Gasteiger partial charge in [-0.3, -0.25) is 4.79 Å². The fourth-order valence-corrected chi connectivity index (χ4v) is 3.79. The lowest BCUT2D eigenvalue weighted by Gasteiger charge is -2.00. The number of hydrogen-bond acceptors (Lipinski definition) is 8. The fourth-order valence-electron chi connectivity index (χ4n) is 2.67. The Kier molecular flexibility index (Phi) is 4.47. The Bertz CT molecular complexity index is 1240. The van der Waals surface area contributed by atoms with Gasteiger partial charge in [0.1, 0.15) is 21.3 Å². The van der Waals surface area contributed by atoms with Gasteiger partial charge in [0.25, 0.3) is 11.4 Å². The van der Waals surface area contributed by atoms with E-state index in [0.717, 1.165) is 11.3 Å². The first kappa shape index (κ1) is 18.0. The third-order valence-corrected chi connectivity index (χ3v) is 5.17. The lowest BCUT2D eigenvalue weighted by atomic mass is 10.2. The molecule has 0 amide bonds. The number of hydrogen-bond donors (Lipinski definition) is 1. The second-order valence-electron chi connectivity index (χ2n) is 5.98. The van der Waals surface area contributed by atoms with Crippen molar-refractivity contribution < 1.29 is 18.4 Å². The van der Waals surface area contributed by atoms with E-state index in [2.05, 4.69) is 20.1 Å². The van der Waals surface area contributed by atoms with Crippen LogP contribution in [-0.2, 0) is 11.3 Å². The highest BCUT2D eigenvalue weighted by atomic mass is 32.1. The van der Waals surface area contributed by atoms with E-state index in [1.807, 2.05) is 0 Å². The predicted molar refractivity (Wildman–Crippen MR) is 98.5 cm³/mol. The number of halogens is 1. The van der Waals surface area contributed by atoms with Gasteiger partial charge in [0.05, 0.1) is 5.39 Å². The van der Waals surface area contributed by atoms with E-state index in [1.54, 1.807) is 13.8 Å². The van der Waals surface area contributed by atoms with E-state index >= 15 is 0 Å². The summed E-state index contributed by atoms with van der Waals surface area (Å²) in [5, 5.41) is 4.16. The Morgan fingerprint density at radius 3 is 2.75 bits per heavy atom. The van der Waals surface area contributed by atoms with E-state index < -0.39 is 5.97 Å². The molecule has 0 aliphatic carbocycles. The lowest BCUT2D eigenvalue weighted by Crippen LogP contribution is -2.10. The minimum absolute atomic E-state index is 0.0956. The van der Waals surface area contributed by atoms with Gasteiger partial charge in [0.2, 0.25) is 5.82 Å². The van der Waals surface area contributed by atoms with Gasteiger partial charge < -0.3 is 14.2 Å². The molecule has 3 heterocycles. The first-order chi connectivity index (χ1) is 13.4. The number of thiophene rings is 1. The number of benzene rings is 1. The predicted octanol–water partition coefficient (Wildman–Crippen LogP) is 3.15. The first-order valence-corrected chi connectivity index (χ1v) is 8.99. The number of carbonyl (C=O) groups excluding carboxylic acids is 1. The topological polar surface area (TPSA) is 111 Å². The largest absolute Gasteiger partial charge is 0.451 e. The second kappa shape index (κ2) is 6.97. The minimum Gasteiger partial charge on any atom is -0.451 e. The number of aromatic amines is 1. The van der Waals surface area contributed by atoms with Gasteiger partial charge in [-0.15, -0.1) is 11.3 Å². The van der Waals surface area contributed by atoms with E-state index in [-0.39, 0.29) is 34.6 Å². The summed E-state index contributed by atoms with van der Waals surface area (Å²) in [5.41, 5.74) is 0.788. The zero-order chi connectivity index (χ0) is 19.8. The number of aromatic nitrogens is 4. The summed E-state index contributed by atoms with van der Waals surface area (Å²) < 4.78 is 23.3. The van der Waals surface area contributed by atoms with Crippen molar-refractivity contribution in [2.24, 2.45) is 0 Å². The third kappa shape index (κ3) is 3.29. The first-order valence-electron chi connectivity index (χ1n) is 8.18. The molecule has 4 rings (SSSR count). The normalized spacial score (nSPS) is 11.1. The van der Waals surface area contributed by atoms with Crippen LogP contribution in [-0.4, -0.2) is 26.1 Å². The van der Waals surface area contributed by atoms with Crippen molar-refractivity contribution in [3.8, 4) is 11.4 Å². The van der Waals surface area contributed by atoms with Crippen LogP contribution in [0.2, 0.25) is 0 Å². The van der Waals surface area contributed by atoms with Gasteiger partial charge in [-0.05, 0) is 43.7 Å². The quantitative estimate of drug-likeness (QED) is 0.524. The molecule has 0 aliphatic rings. The van der Waals surface area contributed by atoms with Crippen LogP contribution in [0.5, 0.6) is 0 Å². The highest BCUT2D eigenvalue weighted by molar-refractivity contribution is 7.20. The number of fused-ring (bicyclic) bond motifs is 1. The molecule has 0 fully saturated rings. The van der Waals surface area contributed by atoms with Crippen LogP contribution in [0.25, 0.3) is 21.6 Å². The van der Waals surface area contributed by atoms with Gasteiger partial charge in [-0.2, -0.15) is 4.98 Å². The van der Waals surface area contributed by atoms with E-state index in [1.165, 1.54) is 24.3 Å². The molecule has 0 aliphatic heterocycles. The minimum atomic E-state index is -0.612. The molecule has 1 N–H and O–H groups in total. The van der Waals surface area contributed by atoms with Gasteiger partial charge >= 0.3 is 5.97 Å². The van der Waals surface area contributed by atoms with Gasteiger partial charge in [0, 0.05) is 5.56 Å². The maximum Gasteiger partial charge on any atom is 0.349 e. The summed E-state index contributed by atoms with van der Waals surface area (Å²) in [6.45, 7) is 3.10.